The molecular weight excluding hydrogens is 466 g/mol. The second kappa shape index (κ2) is 9.38. The molecule has 1 unspecified atom stereocenters. The molecule has 0 bridgehead atoms. The highest BCUT2D eigenvalue weighted by molar-refractivity contribution is 5.88. The van der Waals surface area contributed by atoms with Gasteiger partial charge in [-0.2, -0.15) is 0 Å². The van der Waals surface area contributed by atoms with E-state index in [9.17, 15) is 14.7 Å². The van der Waals surface area contributed by atoms with E-state index in [0.717, 1.165) is 44.1 Å². The van der Waals surface area contributed by atoms with Crippen LogP contribution in [0.2, 0.25) is 0 Å². The standard InChI is InChI=1S/C31H39NO5/c1-30(2,20-8-13-26(36-4)27(17-20)37-5)32-28(33)25-12-11-24-23-10-6-18-16-19(29(34)35)7-9-21(18)22(23)14-15-31(24,25)3/h7-9,13,16-17,22-25H,6,10-12,14-15H2,1-5H3,(H,32,33)(H,34,35)/t22-,23-,24+,25?,31+/m1/s1. The van der Waals surface area contributed by atoms with Gasteiger partial charge in [0, 0.05) is 5.92 Å². The molecule has 3 aliphatic rings. The van der Waals surface area contributed by atoms with Crippen molar-refractivity contribution in [3.05, 3.63) is 58.7 Å². The highest BCUT2D eigenvalue weighted by Crippen LogP contribution is 2.63. The van der Waals surface area contributed by atoms with Crippen LogP contribution in [0.4, 0.5) is 0 Å². The average molecular weight is 506 g/mol. The molecule has 0 heterocycles. The van der Waals surface area contributed by atoms with E-state index in [4.69, 9.17) is 9.47 Å². The summed E-state index contributed by atoms with van der Waals surface area (Å²) in [7, 11) is 3.24. The summed E-state index contributed by atoms with van der Waals surface area (Å²) >= 11 is 0. The molecule has 1 amide bonds. The monoisotopic (exact) mass is 505 g/mol. The minimum absolute atomic E-state index is 0.00588. The zero-order chi connectivity index (χ0) is 26.5. The molecule has 5 atom stereocenters. The molecule has 2 N–H and O–H groups in total. The maximum atomic E-state index is 13.8. The van der Waals surface area contributed by atoms with Crippen LogP contribution in [0.15, 0.2) is 36.4 Å². The molecule has 2 fully saturated rings. The van der Waals surface area contributed by atoms with Crippen molar-refractivity contribution in [3.8, 4) is 11.5 Å². The Morgan fingerprint density at radius 3 is 2.46 bits per heavy atom. The van der Waals surface area contributed by atoms with Crippen LogP contribution < -0.4 is 14.8 Å². The number of hydrogen-bond donors (Lipinski definition) is 2. The molecule has 2 aromatic rings. The first-order valence-electron chi connectivity index (χ1n) is 13.5. The van der Waals surface area contributed by atoms with Gasteiger partial charge in [0.1, 0.15) is 0 Å². The van der Waals surface area contributed by atoms with Gasteiger partial charge in [0.25, 0.3) is 0 Å². The Kier molecular flexibility index (Phi) is 6.49. The minimum atomic E-state index is -0.859. The quantitative estimate of drug-likeness (QED) is 0.509. The minimum Gasteiger partial charge on any atom is -0.493 e. The molecule has 3 aliphatic carbocycles. The first-order valence-corrected chi connectivity index (χ1v) is 13.5. The third-order valence-corrected chi connectivity index (χ3v) is 9.83. The molecule has 2 aromatic carbocycles. The van der Waals surface area contributed by atoms with Crippen molar-refractivity contribution in [2.75, 3.05) is 14.2 Å². The number of carbonyl (C=O) groups is 2. The first kappa shape index (κ1) is 25.6. The van der Waals surface area contributed by atoms with Crippen molar-refractivity contribution in [1.82, 2.24) is 5.32 Å². The van der Waals surface area contributed by atoms with Crippen LogP contribution in [0.25, 0.3) is 0 Å². The van der Waals surface area contributed by atoms with E-state index in [-0.39, 0.29) is 17.2 Å². The summed E-state index contributed by atoms with van der Waals surface area (Å²) in [5.41, 5.74) is 3.34. The number of hydrogen-bond acceptors (Lipinski definition) is 4. The number of amides is 1. The summed E-state index contributed by atoms with van der Waals surface area (Å²) in [5.74, 6) is 2.14. The molecule has 0 radical (unpaired) electrons. The Bertz CT molecular complexity index is 1220. The molecule has 2 saturated carbocycles. The van der Waals surface area contributed by atoms with Gasteiger partial charge in [0.15, 0.2) is 11.5 Å². The summed E-state index contributed by atoms with van der Waals surface area (Å²) < 4.78 is 10.9. The van der Waals surface area contributed by atoms with Gasteiger partial charge in [-0.15, -0.1) is 0 Å². The number of carboxylic acid groups (broad SMARTS) is 1. The van der Waals surface area contributed by atoms with E-state index >= 15 is 0 Å². The third-order valence-electron chi connectivity index (χ3n) is 9.83. The number of carboxylic acids is 1. The van der Waals surface area contributed by atoms with Crippen molar-refractivity contribution in [3.63, 3.8) is 0 Å². The van der Waals surface area contributed by atoms with Crippen LogP contribution in [0.5, 0.6) is 11.5 Å². The third kappa shape index (κ3) is 4.28. The Balaban J connectivity index is 1.34. The molecule has 6 nitrogen and oxygen atoms in total. The molecule has 6 heteroatoms. The lowest BCUT2D eigenvalue weighted by Crippen LogP contribution is -2.50. The van der Waals surface area contributed by atoms with Crippen molar-refractivity contribution in [2.45, 2.75) is 70.8 Å². The highest BCUT2D eigenvalue weighted by Gasteiger charge is 2.57. The van der Waals surface area contributed by atoms with E-state index in [1.165, 1.54) is 11.1 Å². The molecule has 198 valence electrons. The number of benzene rings is 2. The number of fused-ring (bicyclic) bond motifs is 5. The highest BCUT2D eigenvalue weighted by atomic mass is 16.5. The number of rotatable bonds is 6. The maximum Gasteiger partial charge on any atom is 0.335 e. The summed E-state index contributed by atoms with van der Waals surface area (Å²) in [6.45, 7) is 6.43. The van der Waals surface area contributed by atoms with Gasteiger partial charge < -0.3 is 19.9 Å². The fourth-order valence-corrected chi connectivity index (χ4v) is 7.84. The van der Waals surface area contributed by atoms with Crippen molar-refractivity contribution in [1.29, 1.82) is 0 Å². The van der Waals surface area contributed by atoms with Gasteiger partial charge >= 0.3 is 5.97 Å². The molecule has 0 saturated heterocycles. The number of ether oxygens (including phenoxy) is 2. The smallest absolute Gasteiger partial charge is 0.335 e. The largest absolute Gasteiger partial charge is 0.493 e. The Morgan fingerprint density at radius 2 is 1.76 bits per heavy atom. The van der Waals surface area contributed by atoms with E-state index in [1.807, 2.05) is 38.1 Å². The van der Waals surface area contributed by atoms with Crippen LogP contribution in [-0.4, -0.2) is 31.2 Å². The normalized spacial score (nSPS) is 28.5. The predicted octanol–water partition coefficient (Wildman–Crippen LogP) is 5.93. The predicted molar refractivity (Wildman–Crippen MR) is 142 cm³/mol. The van der Waals surface area contributed by atoms with Crippen molar-refractivity contribution in [2.24, 2.45) is 23.2 Å². The van der Waals surface area contributed by atoms with Gasteiger partial charge in [0.2, 0.25) is 5.91 Å². The van der Waals surface area contributed by atoms with Gasteiger partial charge in [-0.1, -0.05) is 19.1 Å². The number of aryl methyl sites for hydroxylation is 1. The zero-order valence-corrected chi connectivity index (χ0v) is 22.6. The molecule has 5 rings (SSSR count). The fraction of sp³-hybridized carbons (Fsp3) is 0.548. The molecule has 0 aliphatic heterocycles. The summed E-state index contributed by atoms with van der Waals surface area (Å²) in [6.07, 6.45) is 6.08. The average Bonchev–Trinajstić information content (AvgIpc) is 3.24. The summed E-state index contributed by atoms with van der Waals surface area (Å²) in [6, 6.07) is 11.5. The van der Waals surface area contributed by atoms with Crippen molar-refractivity contribution < 1.29 is 24.2 Å². The second-order valence-corrected chi connectivity index (χ2v) is 12.0. The van der Waals surface area contributed by atoms with E-state index in [2.05, 4.69) is 18.3 Å². The van der Waals surface area contributed by atoms with Gasteiger partial charge in [0.05, 0.1) is 25.3 Å². The molecule has 37 heavy (non-hydrogen) atoms. The van der Waals surface area contributed by atoms with E-state index in [1.54, 1.807) is 20.3 Å². The molecule has 0 aromatic heterocycles. The Morgan fingerprint density at radius 1 is 1.00 bits per heavy atom. The van der Waals surface area contributed by atoms with Crippen LogP contribution in [-0.2, 0) is 16.8 Å². The van der Waals surface area contributed by atoms with Crippen molar-refractivity contribution >= 4 is 11.9 Å². The van der Waals surface area contributed by atoms with Crippen LogP contribution in [0.1, 0.15) is 85.8 Å². The first-order chi connectivity index (χ1) is 17.6. The summed E-state index contributed by atoms with van der Waals surface area (Å²) in [5, 5.41) is 12.8. The maximum absolute atomic E-state index is 13.8. The molecular formula is C31H39NO5. The number of nitrogens with one attached hydrogen (secondary N) is 1. The molecule has 0 spiro atoms. The lowest BCUT2D eigenvalue weighted by atomic mass is 9.54. The second-order valence-electron chi connectivity index (χ2n) is 12.0. The van der Waals surface area contributed by atoms with Gasteiger partial charge in [-0.25, -0.2) is 4.79 Å². The van der Waals surface area contributed by atoms with Gasteiger partial charge in [-0.3, -0.25) is 4.79 Å². The van der Waals surface area contributed by atoms with Crippen LogP contribution in [0, 0.1) is 23.2 Å². The van der Waals surface area contributed by atoms with E-state index in [0.29, 0.717) is 34.8 Å². The lowest BCUT2D eigenvalue weighted by molar-refractivity contribution is -0.132. The number of carbonyl (C=O) groups excluding carboxylic acids is 1. The lowest BCUT2D eigenvalue weighted by Gasteiger charge is -2.51. The summed E-state index contributed by atoms with van der Waals surface area (Å²) in [4.78, 5) is 25.3. The van der Waals surface area contributed by atoms with Gasteiger partial charge in [-0.05, 0) is 116 Å². The number of methoxy groups -OCH3 is 2. The number of aromatic carboxylic acids is 1. The van der Waals surface area contributed by atoms with E-state index < -0.39 is 11.5 Å². The zero-order valence-electron chi connectivity index (χ0n) is 22.6. The Labute approximate surface area is 219 Å². The Hall–Kier alpha value is -3.02. The topological polar surface area (TPSA) is 84.9 Å². The fourth-order valence-electron chi connectivity index (χ4n) is 7.84. The SMILES string of the molecule is COc1ccc(C(C)(C)NC(=O)C2CC[C@H]3[C@@H]4CCc5cc(C(=O)O)ccc5[C@H]4CC[C@]23C)cc1OC. The van der Waals surface area contributed by atoms with Crippen LogP contribution >= 0.6 is 0 Å². The van der Waals surface area contributed by atoms with Crippen LogP contribution in [0.3, 0.4) is 0 Å².